The highest BCUT2D eigenvalue weighted by Crippen LogP contribution is 2.52. The van der Waals surface area contributed by atoms with Gasteiger partial charge in [0.05, 0.1) is 18.1 Å². The van der Waals surface area contributed by atoms with Crippen LogP contribution in [0.25, 0.3) is 0 Å². The van der Waals surface area contributed by atoms with Gasteiger partial charge in [-0.1, -0.05) is 25.7 Å². The molecule has 0 aromatic rings. The number of carbonyl (C=O) groups is 1. The lowest BCUT2D eigenvalue weighted by Crippen LogP contribution is -2.35. The molecule has 4 nitrogen and oxygen atoms in total. The minimum absolute atomic E-state index is 0.0604. The van der Waals surface area contributed by atoms with E-state index >= 15 is 0 Å². The second-order valence-electron chi connectivity index (χ2n) is 6.16. The van der Waals surface area contributed by atoms with E-state index in [9.17, 15) is 15.0 Å². The average Bonchev–Trinajstić information content (AvgIpc) is 2.75. The lowest BCUT2D eigenvalue weighted by atomic mass is 9.79. The highest BCUT2D eigenvalue weighted by Gasteiger charge is 2.56. The molecule has 1 heterocycles. The second kappa shape index (κ2) is 4.18. The van der Waals surface area contributed by atoms with Crippen LogP contribution in [-0.4, -0.2) is 34.5 Å². The first-order valence-corrected chi connectivity index (χ1v) is 6.84. The normalized spacial score (nSPS) is 49.6. The molecule has 0 aromatic carbocycles. The maximum atomic E-state index is 11.8. The SMILES string of the molecule is C=C1[C@@H]2[C@@H]3OC(=O)[C@@H](C)[C@@H]3[C@@H](O)CC(=C)[C@@H]2C[C@H]1O. The molecular weight excluding hydrogens is 244 g/mol. The number of aliphatic hydroxyl groups is 2. The van der Waals surface area contributed by atoms with Crippen LogP contribution in [-0.2, 0) is 9.53 Å². The zero-order valence-electron chi connectivity index (χ0n) is 11.1. The monoisotopic (exact) mass is 264 g/mol. The summed E-state index contributed by atoms with van der Waals surface area (Å²) < 4.78 is 5.50. The van der Waals surface area contributed by atoms with Gasteiger partial charge in [-0.2, -0.15) is 0 Å². The van der Waals surface area contributed by atoms with Crippen LogP contribution in [0, 0.1) is 23.7 Å². The van der Waals surface area contributed by atoms with Crippen molar-refractivity contribution in [2.75, 3.05) is 0 Å². The Morgan fingerprint density at radius 2 is 2.00 bits per heavy atom. The lowest BCUT2D eigenvalue weighted by Gasteiger charge is -2.27. The van der Waals surface area contributed by atoms with Gasteiger partial charge in [-0.15, -0.1) is 0 Å². The zero-order valence-corrected chi connectivity index (χ0v) is 11.1. The molecule has 0 radical (unpaired) electrons. The number of aliphatic hydroxyl groups excluding tert-OH is 2. The average molecular weight is 264 g/mol. The number of hydrogen-bond acceptors (Lipinski definition) is 4. The second-order valence-corrected chi connectivity index (χ2v) is 6.16. The van der Waals surface area contributed by atoms with Crippen molar-refractivity contribution in [2.24, 2.45) is 23.7 Å². The van der Waals surface area contributed by atoms with Crippen LogP contribution < -0.4 is 0 Å². The maximum absolute atomic E-state index is 11.8. The molecule has 1 aliphatic heterocycles. The van der Waals surface area contributed by atoms with E-state index in [1.54, 1.807) is 6.92 Å². The van der Waals surface area contributed by atoms with Crippen molar-refractivity contribution in [1.29, 1.82) is 0 Å². The molecule has 3 rings (SSSR count). The number of esters is 1. The van der Waals surface area contributed by atoms with E-state index in [1.807, 2.05) is 0 Å². The summed E-state index contributed by atoms with van der Waals surface area (Å²) in [5, 5.41) is 20.4. The summed E-state index contributed by atoms with van der Waals surface area (Å²) >= 11 is 0. The van der Waals surface area contributed by atoms with Gasteiger partial charge < -0.3 is 14.9 Å². The summed E-state index contributed by atoms with van der Waals surface area (Å²) in [6, 6.07) is 0. The van der Waals surface area contributed by atoms with E-state index in [0.717, 1.165) is 11.1 Å². The molecule has 0 unspecified atom stereocenters. The molecule has 0 bridgehead atoms. The van der Waals surface area contributed by atoms with Gasteiger partial charge in [0.1, 0.15) is 6.10 Å². The third-order valence-electron chi connectivity index (χ3n) is 5.14. The molecule has 104 valence electrons. The van der Waals surface area contributed by atoms with Gasteiger partial charge in [-0.05, 0) is 24.3 Å². The molecule has 2 saturated carbocycles. The predicted molar refractivity (Wildman–Crippen MR) is 69.0 cm³/mol. The van der Waals surface area contributed by atoms with E-state index in [4.69, 9.17) is 4.74 Å². The van der Waals surface area contributed by atoms with Crippen LogP contribution in [0.3, 0.4) is 0 Å². The molecular formula is C15H20O4. The highest BCUT2D eigenvalue weighted by atomic mass is 16.6. The Labute approximate surface area is 112 Å². The molecule has 4 heteroatoms. The highest BCUT2D eigenvalue weighted by molar-refractivity contribution is 5.75. The predicted octanol–water partition coefficient (Wildman–Crippen LogP) is 1.04. The summed E-state index contributed by atoms with van der Waals surface area (Å²) in [5.74, 6) is -0.823. The van der Waals surface area contributed by atoms with E-state index < -0.39 is 12.2 Å². The van der Waals surface area contributed by atoms with Gasteiger partial charge >= 0.3 is 5.97 Å². The summed E-state index contributed by atoms with van der Waals surface area (Å²) in [4.78, 5) is 11.8. The fourth-order valence-electron chi connectivity index (χ4n) is 4.06. The Morgan fingerprint density at radius 3 is 2.68 bits per heavy atom. The molecule has 0 amide bonds. The maximum Gasteiger partial charge on any atom is 0.309 e. The van der Waals surface area contributed by atoms with E-state index in [1.165, 1.54) is 0 Å². The Hall–Kier alpha value is -1.13. The summed E-state index contributed by atoms with van der Waals surface area (Å²) in [6.45, 7) is 9.82. The Bertz CT molecular complexity index is 455. The standard InChI is InChI=1S/C15H20O4/c1-6-4-11(17)13-8(3)15(18)19-14(13)12-7(2)10(16)5-9(6)12/h8-14,16-17H,1-2,4-5H2,3H3/t8-,9-,10+,11-,12-,13+,14-/m0/s1. The minimum atomic E-state index is -0.602. The number of fused-ring (bicyclic) bond motifs is 3. The minimum Gasteiger partial charge on any atom is -0.461 e. The van der Waals surface area contributed by atoms with Gasteiger partial charge in [-0.3, -0.25) is 4.79 Å². The topological polar surface area (TPSA) is 66.8 Å². The van der Waals surface area contributed by atoms with Gasteiger partial charge in [0, 0.05) is 11.8 Å². The number of rotatable bonds is 0. The smallest absolute Gasteiger partial charge is 0.309 e. The van der Waals surface area contributed by atoms with E-state index in [0.29, 0.717) is 12.8 Å². The largest absolute Gasteiger partial charge is 0.461 e. The van der Waals surface area contributed by atoms with Crippen molar-refractivity contribution in [3.8, 4) is 0 Å². The van der Waals surface area contributed by atoms with Crippen LogP contribution in [0.5, 0.6) is 0 Å². The van der Waals surface area contributed by atoms with Crippen molar-refractivity contribution >= 4 is 5.97 Å². The van der Waals surface area contributed by atoms with Gasteiger partial charge in [0.2, 0.25) is 0 Å². The van der Waals surface area contributed by atoms with Gasteiger partial charge in [0.15, 0.2) is 0 Å². The number of hydrogen-bond donors (Lipinski definition) is 2. The summed E-state index contributed by atoms with van der Waals surface area (Å²) in [6.07, 6.45) is -0.480. The first kappa shape index (κ1) is 12.9. The van der Waals surface area contributed by atoms with Crippen LogP contribution >= 0.6 is 0 Å². The third kappa shape index (κ3) is 1.70. The lowest BCUT2D eigenvalue weighted by molar-refractivity contribution is -0.145. The molecule has 0 spiro atoms. The molecule has 2 aliphatic carbocycles. The van der Waals surface area contributed by atoms with Crippen LogP contribution in [0.2, 0.25) is 0 Å². The van der Waals surface area contributed by atoms with Gasteiger partial charge in [0.25, 0.3) is 0 Å². The molecule has 2 N–H and O–H groups in total. The van der Waals surface area contributed by atoms with Crippen LogP contribution in [0.1, 0.15) is 19.8 Å². The van der Waals surface area contributed by atoms with Crippen molar-refractivity contribution < 1.29 is 19.7 Å². The molecule has 0 aromatic heterocycles. The summed E-state index contributed by atoms with van der Waals surface area (Å²) in [7, 11) is 0. The Kier molecular flexibility index (Phi) is 2.84. The third-order valence-corrected chi connectivity index (χ3v) is 5.14. The molecule has 1 saturated heterocycles. The van der Waals surface area contributed by atoms with Crippen LogP contribution in [0.4, 0.5) is 0 Å². The first-order chi connectivity index (χ1) is 8.91. The summed E-state index contributed by atoms with van der Waals surface area (Å²) in [5.41, 5.74) is 1.66. The zero-order chi connectivity index (χ0) is 13.9. The Balaban J connectivity index is 2.03. The molecule has 7 atom stereocenters. The van der Waals surface area contributed by atoms with Crippen molar-refractivity contribution in [1.82, 2.24) is 0 Å². The van der Waals surface area contributed by atoms with Gasteiger partial charge in [-0.25, -0.2) is 0 Å². The fraction of sp³-hybridized carbons (Fsp3) is 0.667. The van der Waals surface area contributed by atoms with Crippen molar-refractivity contribution in [3.05, 3.63) is 24.3 Å². The van der Waals surface area contributed by atoms with Crippen LogP contribution in [0.15, 0.2) is 24.3 Å². The number of ether oxygens (including phenoxy) is 1. The van der Waals surface area contributed by atoms with E-state index in [2.05, 4.69) is 13.2 Å². The molecule has 3 aliphatic rings. The van der Waals surface area contributed by atoms with Crippen molar-refractivity contribution in [3.63, 3.8) is 0 Å². The fourth-order valence-corrected chi connectivity index (χ4v) is 4.06. The molecule has 19 heavy (non-hydrogen) atoms. The number of carbonyl (C=O) groups excluding carboxylic acids is 1. The quantitative estimate of drug-likeness (QED) is 0.507. The first-order valence-electron chi connectivity index (χ1n) is 6.84. The molecule has 3 fully saturated rings. The van der Waals surface area contributed by atoms with E-state index in [-0.39, 0.29) is 35.7 Å². The van der Waals surface area contributed by atoms with Crippen molar-refractivity contribution in [2.45, 2.75) is 38.1 Å². The Morgan fingerprint density at radius 1 is 1.32 bits per heavy atom.